The fourth-order valence-corrected chi connectivity index (χ4v) is 4.59. The van der Waals surface area contributed by atoms with E-state index in [1.54, 1.807) is 0 Å². The smallest absolute Gasteiger partial charge is 0.230 e. The number of hydrogen-bond donors (Lipinski definition) is 0. The quantitative estimate of drug-likeness (QED) is 0.781. The Bertz CT molecular complexity index is 593. The van der Waals surface area contributed by atoms with Gasteiger partial charge in [-0.25, -0.2) is 0 Å². The Balaban J connectivity index is 1.58. The van der Waals surface area contributed by atoms with Crippen molar-refractivity contribution in [3.63, 3.8) is 0 Å². The monoisotopic (exact) mass is 341 g/mol. The van der Waals surface area contributed by atoms with E-state index < -0.39 is 0 Å². The maximum atomic E-state index is 12.1. The van der Waals surface area contributed by atoms with Gasteiger partial charge in [0.15, 0.2) is 0 Å². The van der Waals surface area contributed by atoms with Crippen molar-refractivity contribution in [3.8, 4) is 0 Å². The molecule has 0 radical (unpaired) electrons. The van der Waals surface area contributed by atoms with Crippen LogP contribution in [-0.2, 0) is 4.79 Å². The van der Waals surface area contributed by atoms with Crippen molar-refractivity contribution >= 4 is 35.1 Å². The molecule has 8 heteroatoms. The lowest BCUT2D eigenvalue weighted by molar-refractivity contribution is -0.142. The van der Waals surface area contributed by atoms with Gasteiger partial charge in [0.25, 0.3) is 0 Å². The van der Waals surface area contributed by atoms with Crippen molar-refractivity contribution < 1.29 is 4.79 Å². The fraction of sp³-hybridized carbons (Fsp3) is 0.714. The van der Waals surface area contributed by atoms with E-state index in [0.717, 1.165) is 32.5 Å². The molecule has 0 aliphatic carbocycles. The van der Waals surface area contributed by atoms with Crippen LogP contribution in [0.2, 0.25) is 10.6 Å². The maximum Gasteiger partial charge on any atom is 0.230 e. The van der Waals surface area contributed by atoms with Gasteiger partial charge in [-0.05, 0) is 54.3 Å². The number of carbonyl (C=O) groups excluding carboxylic acids is 1. The zero-order valence-electron chi connectivity index (χ0n) is 12.1. The zero-order chi connectivity index (χ0) is 15.3. The Morgan fingerprint density at radius 2 is 1.82 bits per heavy atom. The van der Waals surface area contributed by atoms with Crippen LogP contribution in [-0.4, -0.2) is 51.4 Å². The molecule has 0 unspecified atom stereocenters. The van der Waals surface area contributed by atoms with E-state index in [-0.39, 0.29) is 10.6 Å². The van der Waals surface area contributed by atoms with Crippen LogP contribution in [0, 0.1) is 11.8 Å². The lowest BCUT2D eigenvalue weighted by Gasteiger charge is -2.52. The molecule has 22 heavy (non-hydrogen) atoms. The summed E-state index contributed by atoms with van der Waals surface area (Å²) in [4.78, 5) is 28.6. The van der Waals surface area contributed by atoms with Crippen LogP contribution in [0.15, 0.2) is 0 Å². The van der Waals surface area contributed by atoms with E-state index in [1.807, 2.05) is 0 Å². The number of hydrogen-bond acceptors (Lipinski definition) is 5. The lowest BCUT2D eigenvalue weighted by atomic mass is 9.76. The van der Waals surface area contributed by atoms with Crippen molar-refractivity contribution in [2.75, 3.05) is 24.5 Å². The summed E-state index contributed by atoms with van der Waals surface area (Å²) in [6, 6.07) is 0.369. The predicted octanol–water partition coefficient (Wildman–Crippen LogP) is 2.02. The molecule has 0 spiro atoms. The molecule has 0 N–H and O–H groups in total. The number of rotatable bonds is 1. The Morgan fingerprint density at radius 1 is 1.05 bits per heavy atom. The van der Waals surface area contributed by atoms with E-state index in [9.17, 15) is 4.79 Å². The van der Waals surface area contributed by atoms with Gasteiger partial charge >= 0.3 is 0 Å². The molecule has 4 rings (SSSR count). The van der Waals surface area contributed by atoms with Gasteiger partial charge in [0.2, 0.25) is 22.4 Å². The first-order valence-corrected chi connectivity index (χ1v) is 8.47. The molecule has 3 atom stereocenters. The summed E-state index contributed by atoms with van der Waals surface area (Å²) in [5.74, 6) is 1.82. The fourth-order valence-electron chi connectivity index (χ4n) is 4.23. The molecule has 1 amide bonds. The van der Waals surface area contributed by atoms with Crippen LogP contribution in [0.1, 0.15) is 25.7 Å². The number of piperidine rings is 3. The topological polar surface area (TPSA) is 62.2 Å². The molecule has 2 bridgehead atoms. The maximum absolute atomic E-state index is 12.1. The van der Waals surface area contributed by atoms with Gasteiger partial charge in [-0.3, -0.25) is 4.79 Å². The molecular weight excluding hydrogens is 325 g/mol. The number of halogens is 2. The van der Waals surface area contributed by atoms with E-state index >= 15 is 0 Å². The van der Waals surface area contributed by atoms with Crippen molar-refractivity contribution in [1.82, 2.24) is 19.9 Å². The van der Waals surface area contributed by atoms with Gasteiger partial charge in [0, 0.05) is 32.1 Å². The highest BCUT2D eigenvalue weighted by Gasteiger charge is 2.44. The highest BCUT2D eigenvalue weighted by atomic mass is 35.5. The molecule has 0 aromatic carbocycles. The number of nitrogens with zero attached hydrogens (tertiary/aromatic N) is 5. The van der Waals surface area contributed by atoms with Crippen molar-refractivity contribution in [2.24, 2.45) is 11.8 Å². The highest BCUT2D eigenvalue weighted by molar-refractivity contribution is 6.31. The van der Waals surface area contributed by atoms with Crippen molar-refractivity contribution in [1.29, 1.82) is 0 Å². The van der Waals surface area contributed by atoms with Crippen LogP contribution >= 0.6 is 23.2 Å². The summed E-state index contributed by atoms with van der Waals surface area (Å²) in [6.07, 6.45) is 4.00. The third kappa shape index (κ3) is 2.52. The van der Waals surface area contributed by atoms with Gasteiger partial charge in [0.05, 0.1) is 0 Å². The van der Waals surface area contributed by atoms with Crippen LogP contribution in [0.25, 0.3) is 0 Å². The zero-order valence-corrected chi connectivity index (χ0v) is 13.6. The molecule has 6 nitrogen and oxygen atoms in total. The predicted molar refractivity (Wildman–Crippen MR) is 83.0 cm³/mol. The molecule has 1 aromatic rings. The Hall–Kier alpha value is -1.14. The minimum atomic E-state index is 0.125. The molecule has 3 aliphatic heterocycles. The molecule has 3 aliphatic rings. The van der Waals surface area contributed by atoms with Gasteiger partial charge in [-0.1, -0.05) is 0 Å². The summed E-state index contributed by atoms with van der Waals surface area (Å²) in [5.41, 5.74) is 0. The average Bonchev–Trinajstić information content (AvgIpc) is 2.47. The second-order valence-electron chi connectivity index (χ2n) is 6.45. The summed E-state index contributed by atoms with van der Waals surface area (Å²) in [7, 11) is 0. The molecule has 3 fully saturated rings. The minimum absolute atomic E-state index is 0.125. The standard InChI is InChI=1S/C14H17Cl2N5O/c15-12-17-13(16)19-14(18-12)20-5-8-4-9(7-20)10-2-1-3-11(22)21(10)6-8/h8-10H,1-7H2/t8-,9-,10-/m0/s1. The van der Waals surface area contributed by atoms with E-state index in [4.69, 9.17) is 23.2 Å². The van der Waals surface area contributed by atoms with Crippen molar-refractivity contribution in [2.45, 2.75) is 31.7 Å². The first-order chi connectivity index (χ1) is 10.6. The van der Waals surface area contributed by atoms with E-state index in [2.05, 4.69) is 24.8 Å². The Morgan fingerprint density at radius 3 is 2.59 bits per heavy atom. The van der Waals surface area contributed by atoms with Gasteiger partial charge < -0.3 is 9.80 Å². The molecule has 1 aromatic heterocycles. The third-order valence-electron chi connectivity index (χ3n) is 5.03. The Kier molecular flexibility index (Phi) is 3.61. The molecule has 4 heterocycles. The summed E-state index contributed by atoms with van der Waals surface area (Å²) in [6.45, 7) is 2.54. The summed E-state index contributed by atoms with van der Waals surface area (Å²) < 4.78 is 0. The second-order valence-corrected chi connectivity index (χ2v) is 7.12. The highest BCUT2D eigenvalue weighted by Crippen LogP contribution is 2.38. The largest absolute Gasteiger partial charge is 0.340 e. The van der Waals surface area contributed by atoms with Crippen LogP contribution in [0.3, 0.4) is 0 Å². The summed E-state index contributed by atoms with van der Waals surface area (Å²) in [5, 5.41) is 0.250. The Labute approximate surface area is 138 Å². The first-order valence-electron chi connectivity index (χ1n) is 7.71. The second kappa shape index (κ2) is 5.49. The van der Waals surface area contributed by atoms with E-state index in [0.29, 0.717) is 36.2 Å². The average molecular weight is 342 g/mol. The van der Waals surface area contributed by atoms with Crippen LogP contribution < -0.4 is 4.90 Å². The van der Waals surface area contributed by atoms with Crippen LogP contribution in [0.5, 0.6) is 0 Å². The number of fused-ring (bicyclic) bond motifs is 4. The van der Waals surface area contributed by atoms with Gasteiger partial charge in [0.1, 0.15) is 0 Å². The molecule has 118 valence electrons. The molecular formula is C14H17Cl2N5O. The first kappa shape index (κ1) is 14.5. The van der Waals surface area contributed by atoms with Gasteiger partial charge in [-0.2, -0.15) is 15.0 Å². The van der Waals surface area contributed by atoms with Crippen molar-refractivity contribution in [3.05, 3.63) is 10.6 Å². The molecule has 3 saturated heterocycles. The normalized spacial score (nSPS) is 31.2. The van der Waals surface area contributed by atoms with Gasteiger partial charge in [-0.15, -0.1) is 0 Å². The van der Waals surface area contributed by atoms with E-state index in [1.165, 1.54) is 6.42 Å². The third-order valence-corrected chi connectivity index (χ3v) is 5.37. The summed E-state index contributed by atoms with van der Waals surface area (Å²) >= 11 is 11.8. The van der Waals surface area contributed by atoms with Crippen LogP contribution in [0.4, 0.5) is 5.95 Å². The minimum Gasteiger partial charge on any atom is -0.340 e. The number of aromatic nitrogens is 3. The number of amides is 1. The number of anilines is 1. The lowest BCUT2D eigenvalue weighted by Crippen LogP contribution is -2.60. The molecule has 0 saturated carbocycles. The number of carbonyl (C=O) groups is 1. The SMILES string of the molecule is O=C1CCC[C@H]2[C@H]3C[C@@H](CN(c4nc(Cl)nc(Cl)n4)C3)CN12.